The Morgan fingerprint density at radius 2 is 1.87 bits per heavy atom. The van der Waals surface area contributed by atoms with Gasteiger partial charge in [0.05, 0.1) is 5.76 Å². The molecular weight excluding hydrogens is 192 g/mol. The molecule has 15 heavy (non-hydrogen) atoms. The van der Waals surface area contributed by atoms with Gasteiger partial charge in [-0.2, -0.15) is 0 Å². The van der Waals surface area contributed by atoms with Gasteiger partial charge in [-0.25, -0.2) is 0 Å². The minimum atomic E-state index is -0.108. The lowest BCUT2D eigenvalue weighted by molar-refractivity contribution is -0.115. The number of aliphatic hydroxyl groups excluding tert-OH is 1. The summed E-state index contributed by atoms with van der Waals surface area (Å²) in [4.78, 5) is 11.3. The lowest BCUT2D eigenvalue weighted by Crippen LogP contribution is -2.12. The molecule has 1 aliphatic rings. The highest BCUT2D eigenvalue weighted by Gasteiger charge is 2.23. The van der Waals surface area contributed by atoms with E-state index in [1.165, 1.54) is 6.08 Å². The van der Waals surface area contributed by atoms with E-state index in [0.29, 0.717) is 12.8 Å². The summed E-state index contributed by atoms with van der Waals surface area (Å²) in [5.74, 6) is 0.0835. The first kappa shape index (κ1) is 9.77. The maximum atomic E-state index is 11.3. The third-order valence-corrected chi connectivity index (χ3v) is 2.61. The highest BCUT2D eigenvalue weighted by atomic mass is 16.3. The Hall–Kier alpha value is -1.77. The molecule has 1 unspecified atom stereocenters. The van der Waals surface area contributed by atoms with Crippen LogP contribution in [-0.4, -0.2) is 16.0 Å². The van der Waals surface area contributed by atoms with Crippen LogP contribution in [0.2, 0.25) is 0 Å². The number of phenols is 1. The van der Waals surface area contributed by atoms with Crippen molar-refractivity contribution in [1.29, 1.82) is 0 Å². The molecule has 0 heterocycles. The smallest absolute Gasteiger partial charge is 0.159 e. The molecule has 0 spiro atoms. The number of hydrogen-bond donors (Lipinski definition) is 2. The van der Waals surface area contributed by atoms with Gasteiger partial charge in [-0.1, -0.05) is 18.2 Å². The fourth-order valence-corrected chi connectivity index (χ4v) is 1.92. The first-order valence-electron chi connectivity index (χ1n) is 4.87. The third kappa shape index (κ3) is 2.01. The number of benzene rings is 1. The first-order chi connectivity index (χ1) is 7.16. The molecule has 0 saturated heterocycles. The van der Waals surface area contributed by atoms with Crippen LogP contribution in [0.3, 0.4) is 0 Å². The van der Waals surface area contributed by atoms with Crippen LogP contribution in [-0.2, 0) is 4.79 Å². The van der Waals surface area contributed by atoms with Gasteiger partial charge in [0.25, 0.3) is 0 Å². The van der Waals surface area contributed by atoms with Crippen LogP contribution in [0.25, 0.3) is 0 Å². The van der Waals surface area contributed by atoms with Crippen molar-refractivity contribution in [2.45, 2.75) is 18.8 Å². The molecular formula is C12H12O3. The van der Waals surface area contributed by atoms with E-state index >= 15 is 0 Å². The number of carbonyl (C=O) groups is 1. The summed E-state index contributed by atoms with van der Waals surface area (Å²) in [6.07, 6.45) is 2.03. The second kappa shape index (κ2) is 3.77. The maximum absolute atomic E-state index is 11.3. The van der Waals surface area contributed by atoms with E-state index in [-0.39, 0.29) is 23.2 Å². The van der Waals surface area contributed by atoms with Crippen molar-refractivity contribution in [3.8, 4) is 5.75 Å². The maximum Gasteiger partial charge on any atom is 0.159 e. The van der Waals surface area contributed by atoms with E-state index in [4.69, 9.17) is 0 Å². The zero-order valence-electron chi connectivity index (χ0n) is 8.18. The average Bonchev–Trinajstić information content (AvgIpc) is 2.16. The number of ketones is 1. The number of rotatable bonds is 1. The number of hydrogen-bond acceptors (Lipinski definition) is 3. The molecule has 0 aliphatic heterocycles. The van der Waals surface area contributed by atoms with Crippen molar-refractivity contribution in [3.05, 3.63) is 41.7 Å². The van der Waals surface area contributed by atoms with Crippen molar-refractivity contribution in [3.63, 3.8) is 0 Å². The van der Waals surface area contributed by atoms with Crippen LogP contribution in [0.1, 0.15) is 24.3 Å². The molecule has 0 saturated carbocycles. The molecule has 2 N–H and O–H groups in total. The number of allylic oxidation sites excluding steroid dienone is 2. The van der Waals surface area contributed by atoms with E-state index in [1.54, 1.807) is 18.2 Å². The van der Waals surface area contributed by atoms with E-state index in [2.05, 4.69) is 0 Å². The molecule has 0 amide bonds. The minimum Gasteiger partial charge on any atom is -0.512 e. The van der Waals surface area contributed by atoms with Gasteiger partial charge in [-0.05, 0) is 11.6 Å². The number of aromatic hydroxyl groups is 1. The Balaban J connectivity index is 2.30. The van der Waals surface area contributed by atoms with Gasteiger partial charge in [0.15, 0.2) is 5.78 Å². The molecule has 78 valence electrons. The fourth-order valence-electron chi connectivity index (χ4n) is 1.92. The Kier molecular flexibility index (Phi) is 2.46. The van der Waals surface area contributed by atoms with E-state index < -0.39 is 0 Å². The highest BCUT2D eigenvalue weighted by Crippen LogP contribution is 2.34. The number of carbonyl (C=O) groups excluding carboxylic acids is 1. The van der Waals surface area contributed by atoms with Gasteiger partial charge >= 0.3 is 0 Å². The summed E-state index contributed by atoms with van der Waals surface area (Å²) in [5, 5.41) is 19.0. The van der Waals surface area contributed by atoms with Gasteiger partial charge in [-0.3, -0.25) is 4.79 Å². The zero-order valence-corrected chi connectivity index (χ0v) is 8.18. The van der Waals surface area contributed by atoms with Gasteiger partial charge in [0.1, 0.15) is 5.75 Å². The van der Waals surface area contributed by atoms with Crippen LogP contribution in [0.5, 0.6) is 5.75 Å². The molecule has 1 aromatic carbocycles. The largest absolute Gasteiger partial charge is 0.512 e. The third-order valence-electron chi connectivity index (χ3n) is 2.61. The zero-order chi connectivity index (χ0) is 10.8. The lowest BCUT2D eigenvalue weighted by atomic mass is 9.86. The minimum absolute atomic E-state index is 0.0907. The van der Waals surface area contributed by atoms with Crippen molar-refractivity contribution in [2.24, 2.45) is 0 Å². The van der Waals surface area contributed by atoms with Gasteiger partial charge < -0.3 is 10.2 Å². The molecule has 0 bridgehead atoms. The number of aliphatic hydroxyl groups is 1. The van der Waals surface area contributed by atoms with Crippen LogP contribution in [0.4, 0.5) is 0 Å². The van der Waals surface area contributed by atoms with Crippen molar-refractivity contribution >= 4 is 5.78 Å². The molecule has 0 radical (unpaired) electrons. The predicted molar refractivity (Wildman–Crippen MR) is 55.8 cm³/mol. The summed E-state index contributed by atoms with van der Waals surface area (Å²) in [6.45, 7) is 0. The Morgan fingerprint density at radius 1 is 1.13 bits per heavy atom. The van der Waals surface area contributed by atoms with Crippen LogP contribution in [0.15, 0.2) is 36.1 Å². The standard InChI is InChI=1S/C12H12O3/c13-9-5-8(6-10(14)7-9)11-3-1-2-4-12(11)15/h1-4,7-8,13,15H,5-6H2. The Morgan fingerprint density at radius 3 is 2.53 bits per heavy atom. The Bertz CT molecular complexity index is 421. The quantitative estimate of drug-likeness (QED) is 0.737. The van der Waals surface area contributed by atoms with E-state index in [1.807, 2.05) is 6.07 Å². The summed E-state index contributed by atoms with van der Waals surface area (Å²) in [5.41, 5.74) is 0.727. The van der Waals surface area contributed by atoms with Crippen LogP contribution >= 0.6 is 0 Å². The second-order valence-corrected chi connectivity index (χ2v) is 3.77. The lowest BCUT2D eigenvalue weighted by Gasteiger charge is -2.20. The van der Waals surface area contributed by atoms with Gasteiger partial charge in [0, 0.05) is 24.8 Å². The van der Waals surface area contributed by atoms with Crippen LogP contribution in [0, 0.1) is 0 Å². The topological polar surface area (TPSA) is 57.5 Å². The van der Waals surface area contributed by atoms with Crippen molar-refractivity contribution < 1.29 is 15.0 Å². The Labute approximate surface area is 87.7 Å². The molecule has 1 aliphatic carbocycles. The monoisotopic (exact) mass is 204 g/mol. The number of para-hydroxylation sites is 1. The highest BCUT2D eigenvalue weighted by molar-refractivity contribution is 5.91. The predicted octanol–water partition coefficient (Wildman–Crippen LogP) is 2.28. The molecule has 0 aromatic heterocycles. The summed E-state index contributed by atoms with van der Waals surface area (Å²) >= 11 is 0. The molecule has 3 nitrogen and oxygen atoms in total. The first-order valence-corrected chi connectivity index (χ1v) is 4.87. The molecule has 3 heteroatoms. The fraction of sp³-hybridized carbons (Fsp3) is 0.250. The normalized spacial score (nSPS) is 21.2. The molecule has 1 aromatic rings. The van der Waals surface area contributed by atoms with E-state index in [0.717, 1.165) is 5.56 Å². The molecule has 0 fully saturated rings. The molecule has 2 rings (SSSR count). The summed E-state index contributed by atoms with van der Waals surface area (Å²) in [7, 11) is 0. The van der Waals surface area contributed by atoms with Gasteiger partial charge in [-0.15, -0.1) is 0 Å². The van der Waals surface area contributed by atoms with Crippen molar-refractivity contribution in [1.82, 2.24) is 0 Å². The SMILES string of the molecule is O=C1C=C(O)CC(c2ccccc2O)C1. The van der Waals surface area contributed by atoms with Crippen molar-refractivity contribution in [2.75, 3.05) is 0 Å². The van der Waals surface area contributed by atoms with E-state index in [9.17, 15) is 15.0 Å². The number of phenolic OH excluding ortho intramolecular Hbond substituents is 1. The summed E-state index contributed by atoms with van der Waals surface area (Å²) in [6, 6.07) is 6.93. The van der Waals surface area contributed by atoms with Crippen LogP contribution < -0.4 is 0 Å². The second-order valence-electron chi connectivity index (χ2n) is 3.77. The average molecular weight is 204 g/mol. The molecule has 1 atom stereocenters. The van der Waals surface area contributed by atoms with Gasteiger partial charge in [0.2, 0.25) is 0 Å². The summed E-state index contributed by atoms with van der Waals surface area (Å²) < 4.78 is 0.